The van der Waals surface area contributed by atoms with E-state index in [1.165, 1.54) is 0 Å². The monoisotopic (exact) mass is 369 g/mol. The Hall–Kier alpha value is -1.99. The number of benzene rings is 1. The van der Waals surface area contributed by atoms with Crippen molar-refractivity contribution in [2.75, 3.05) is 20.2 Å². The van der Waals surface area contributed by atoms with E-state index < -0.39 is 5.97 Å². The van der Waals surface area contributed by atoms with E-state index in [4.69, 9.17) is 21.4 Å². The van der Waals surface area contributed by atoms with Gasteiger partial charge in [0.15, 0.2) is 0 Å². The smallest absolute Gasteiger partial charge is 0.317 e. The van der Waals surface area contributed by atoms with Crippen LogP contribution in [-0.2, 0) is 11.3 Å². The average molecular weight is 370 g/mol. The van der Waals surface area contributed by atoms with Crippen molar-refractivity contribution in [2.45, 2.75) is 38.4 Å². The molecule has 0 unspecified atom stereocenters. The Bertz CT molecular complexity index is 620. The van der Waals surface area contributed by atoms with Crippen LogP contribution in [0.1, 0.15) is 25.3 Å². The van der Waals surface area contributed by atoms with Crippen LogP contribution < -0.4 is 15.4 Å². The molecule has 138 valence electrons. The van der Waals surface area contributed by atoms with Crippen LogP contribution in [0.25, 0.3) is 0 Å². The predicted octanol–water partition coefficient (Wildman–Crippen LogP) is 2.09. The summed E-state index contributed by atoms with van der Waals surface area (Å²) in [5.74, 6) is -0.160. The number of halogens is 1. The van der Waals surface area contributed by atoms with Crippen LogP contribution in [-0.4, -0.2) is 54.3 Å². The molecule has 0 saturated heterocycles. The molecule has 1 aromatic rings. The van der Waals surface area contributed by atoms with E-state index in [-0.39, 0.29) is 24.7 Å². The Balaban J connectivity index is 1.75. The van der Waals surface area contributed by atoms with Gasteiger partial charge in [0.2, 0.25) is 0 Å². The van der Waals surface area contributed by atoms with E-state index in [0.29, 0.717) is 23.9 Å². The molecular weight excluding hydrogens is 346 g/mol. The maximum atomic E-state index is 12.0. The summed E-state index contributed by atoms with van der Waals surface area (Å²) >= 11 is 5.97. The van der Waals surface area contributed by atoms with Crippen LogP contribution >= 0.6 is 11.6 Å². The number of carbonyl (C=O) groups excluding carboxylic acids is 1. The number of methoxy groups -OCH3 is 1. The molecule has 3 N–H and O–H groups in total. The molecule has 1 aliphatic rings. The van der Waals surface area contributed by atoms with Gasteiger partial charge in [-0.2, -0.15) is 0 Å². The van der Waals surface area contributed by atoms with Crippen LogP contribution in [0.5, 0.6) is 5.75 Å². The number of rotatable bonds is 8. The van der Waals surface area contributed by atoms with E-state index in [0.717, 1.165) is 18.4 Å². The number of carboxylic acids is 1. The zero-order valence-electron chi connectivity index (χ0n) is 14.4. The van der Waals surface area contributed by atoms with Gasteiger partial charge in [-0.1, -0.05) is 18.5 Å². The van der Waals surface area contributed by atoms with Crippen molar-refractivity contribution < 1.29 is 19.4 Å². The third-order valence-corrected chi connectivity index (χ3v) is 4.63. The third kappa shape index (κ3) is 5.51. The number of ether oxygens (including phenoxy) is 1. The lowest BCUT2D eigenvalue weighted by Gasteiger charge is -2.42. The van der Waals surface area contributed by atoms with Gasteiger partial charge in [-0.3, -0.25) is 9.69 Å². The summed E-state index contributed by atoms with van der Waals surface area (Å²) in [6, 6.07) is 5.26. The maximum Gasteiger partial charge on any atom is 0.317 e. The molecule has 0 aromatic heterocycles. The number of urea groups is 1. The Morgan fingerprint density at radius 2 is 2.12 bits per heavy atom. The van der Waals surface area contributed by atoms with E-state index >= 15 is 0 Å². The first-order valence-corrected chi connectivity index (χ1v) is 8.63. The molecule has 7 nitrogen and oxygen atoms in total. The van der Waals surface area contributed by atoms with Crippen LogP contribution in [0, 0.1) is 0 Å². The zero-order valence-corrected chi connectivity index (χ0v) is 15.2. The molecule has 0 aliphatic heterocycles. The third-order valence-electron chi connectivity index (χ3n) is 4.39. The largest absolute Gasteiger partial charge is 0.496 e. The molecule has 8 heteroatoms. The highest BCUT2D eigenvalue weighted by atomic mass is 35.5. The van der Waals surface area contributed by atoms with Crippen LogP contribution in [0.4, 0.5) is 4.79 Å². The highest BCUT2D eigenvalue weighted by molar-refractivity contribution is 6.30. The summed E-state index contributed by atoms with van der Waals surface area (Å²) in [7, 11) is 1.57. The lowest BCUT2D eigenvalue weighted by molar-refractivity contribution is -0.139. The van der Waals surface area contributed by atoms with Gasteiger partial charge >= 0.3 is 12.0 Å². The molecule has 0 radical (unpaired) electrons. The Morgan fingerprint density at radius 3 is 2.72 bits per heavy atom. The maximum absolute atomic E-state index is 12.0. The summed E-state index contributed by atoms with van der Waals surface area (Å²) in [5, 5.41) is 15.2. The number of hydrogen-bond donors (Lipinski definition) is 3. The topological polar surface area (TPSA) is 90.9 Å². The number of amides is 2. The molecular formula is C17H24ClN3O4. The van der Waals surface area contributed by atoms with Crippen LogP contribution in [0.3, 0.4) is 0 Å². The fourth-order valence-corrected chi connectivity index (χ4v) is 3.17. The molecule has 1 saturated carbocycles. The second-order valence-corrected chi connectivity index (χ2v) is 6.50. The predicted molar refractivity (Wildman–Crippen MR) is 95.1 cm³/mol. The van der Waals surface area contributed by atoms with Gasteiger partial charge < -0.3 is 20.5 Å². The lowest BCUT2D eigenvalue weighted by atomic mass is 9.85. The first kappa shape index (κ1) is 19.3. The summed E-state index contributed by atoms with van der Waals surface area (Å²) in [5.41, 5.74) is 0.801. The minimum absolute atomic E-state index is 0.0364. The molecule has 1 aromatic carbocycles. The van der Waals surface area contributed by atoms with E-state index in [2.05, 4.69) is 10.6 Å². The number of carboxylic acid groups (broad SMARTS) is 1. The second-order valence-electron chi connectivity index (χ2n) is 6.06. The van der Waals surface area contributed by atoms with Crippen molar-refractivity contribution in [1.29, 1.82) is 0 Å². The fraction of sp³-hybridized carbons (Fsp3) is 0.529. The minimum atomic E-state index is -0.827. The fourth-order valence-electron chi connectivity index (χ4n) is 2.97. The minimum Gasteiger partial charge on any atom is -0.496 e. The highest BCUT2D eigenvalue weighted by Gasteiger charge is 2.34. The van der Waals surface area contributed by atoms with Crippen molar-refractivity contribution >= 4 is 23.6 Å². The number of carbonyl (C=O) groups is 2. The van der Waals surface area contributed by atoms with Crippen molar-refractivity contribution in [2.24, 2.45) is 0 Å². The van der Waals surface area contributed by atoms with E-state index in [1.54, 1.807) is 25.3 Å². The first-order chi connectivity index (χ1) is 11.9. The van der Waals surface area contributed by atoms with E-state index in [1.807, 2.05) is 11.8 Å². The average Bonchev–Trinajstić information content (AvgIpc) is 2.54. The van der Waals surface area contributed by atoms with Gasteiger partial charge in [0.1, 0.15) is 5.75 Å². The van der Waals surface area contributed by atoms with Gasteiger partial charge in [-0.25, -0.2) is 4.79 Å². The van der Waals surface area contributed by atoms with Gasteiger partial charge in [0, 0.05) is 29.2 Å². The normalized spacial score (nSPS) is 19.2. The number of hydrogen-bond acceptors (Lipinski definition) is 4. The van der Waals surface area contributed by atoms with Gasteiger partial charge in [0.25, 0.3) is 0 Å². The summed E-state index contributed by atoms with van der Waals surface area (Å²) < 4.78 is 5.25. The lowest BCUT2D eigenvalue weighted by Crippen LogP contribution is -2.56. The number of nitrogens with zero attached hydrogens (tertiary/aromatic N) is 1. The molecule has 1 aliphatic carbocycles. The van der Waals surface area contributed by atoms with Gasteiger partial charge in [0.05, 0.1) is 13.7 Å². The molecule has 0 bridgehead atoms. The van der Waals surface area contributed by atoms with Crippen molar-refractivity contribution in [1.82, 2.24) is 15.5 Å². The van der Waals surface area contributed by atoms with Crippen LogP contribution in [0.2, 0.25) is 5.02 Å². The number of nitrogens with one attached hydrogen (secondary N) is 2. The molecule has 0 atom stereocenters. The Labute approximate surface area is 152 Å². The van der Waals surface area contributed by atoms with Crippen molar-refractivity contribution in [3.63, 3.8) is 0 Å². The highest BCUT2D eigenvalue weighted by Crippen LogP contribution is 2.26. The van der Waals surface area contributed by atoms with Crippen molar-refractivity contribution in [3.05, 3.63) is 28.8 Å². The summed E-state index contributed by atoms with van der Waals surface area (Å²) in [6.45, 7) is 2.97. The Kier molecular flexibility index (Phi) is 6.90. The summed E-state index contributed by atoms with van der Waals surface area (Å²) in [6.07, 6.45) is 1.52. The number of aliphatic carboxylic acids is 1. The van der Waals surface area contributed by atoms with Gasteiger partial charge in [-0.15, -0.1) is 0 Å². The van der Waals surface area contributed by atoms with Crippen molar-refractivity contribution in [3.8, 4) is 5.75 Å². The van der Waals surface area contributed by atoms with Gasteiger partial charge in [-0.05, 0) is 37.6 Å². The van der Waals surface area contributed by atoms with E-state index in [9.17, 15) is 9.59 Å². The molecule has 1 fully saturated rings. The number of likely N-dealkylation sites (N-methyl/N-ethyl adjacent to an activating group) is 1. The zero-order chi connectivity index (χ0) is 18.4. The molecule has 0 heterocycles. The molecule has 2 rings (SSSR count). The second kappa shape index (κ2) is 8.92. The standard InChI is InChI=1S/C17H24ClN3O4/c1-3-21(10-16(22)23)14-7-13(8-14)20-17(24)19-9-11-6-12(18)4-5-15(11)25-2/h4-6,13-14H,3,7-10H2,1-2H3,(H,22,23)(H2,19,20,24). The molecule has 2 amide bonds. The summed E-state index contributed by atoms with van der Waals surface area (Å²) in [4.78, 5) is 24.8. The molecule has 0 spiro atoms. The quantitative estimate of drug-likeness (QED) is 0.652. The Morgan fingerprint density at radius 1 is 1.40 bits per heavy atom. The SMILES string of the molecule is CCN(CC(=O)O)C1CC(NC(=O)NCc2cc(Cl)ccc2OC)C1. The van der Waals surface area contributed by atoms with Crippen LogP contribution in [0.15, 0.2) is 18.2 Å². The molecule has 25 heavy (non-hydrogen) atoms. The first-order valence-electron chi connectivity index (χ1n) is 8.25.